The molecule has 0 aliphatic heterocycles. The maximum atomic E-state index is 12.4. The summed E-state index contributed by atoms with van der Waals surface area (Å²) in [6.45, 7) is 5.91. The number of amides is 1. The number of carbonyl (C=O) groups is 1. The van der Waals surface area contributed by atoms with Gasteiger partial charge in [0.1, 0.15) is 5.75 Å². The first-order valence-corrected chi connectivity index (χ1v) is 9.89. The SMILES string of the molecule is CCOc1ccccc1N(CCNS(=O)(=O)c1cccc(C)c1)C(C)=O. The van der Waals surface area contributed by atoms with Crippen molar-refractivity contribution in [3.63, 3.8) is 0 Å². The normalized spacial score (nSPS) is 11.2. The first-order valence-electron chi connectivity index (χ1n) is 8.41. The van der Waals surface area contributed by atoms with Gasteiger partial charge in [-0.25, -0.2) is 13.1 Å². The van der Waals surface area contributed by atoms with Gasteiger partial charge in [0.2, 0.25) is 15.9 Å². The number of benzene rings is 2. The topological polar surface area (TPSA) is 75.7 Å². The quantitative estimate of drug-likeness (QED) is 0.769. The molecule has 6 nitrogen and oxygen atoms in total. The Kier molecular flexibility index (Phi) is 6.76. The van der Waals surface area contributed by atoms with Crippen molar-refractivity contribution in [2.45, 2.75) is 25.7 Å². The molecule has 1 N–H and O–H groups in total. The molecular formula is C19H24N2O4S. The highest BCUT2D eigenvalue weighted by atomic mass is 32.2. The van der Waals surface area contributed by atoms with Crippen LogP contribution in [0.3, 0.4) is 0 Å². The third-order valence-electron chi connectivity index (χ3n) is 3.76. The van der Waals surface area contributed by atoms with E-state index in [9.17, 15) is 13.2 Å². The first-order chi connectivity index (χ1) is 12.3. The molecule has 26 heavy (non-hydrogen) atoms. The Bertz CT molecular complexity index is 865. The average molecular weight is 376 g/mol. The van der Waals surface area contributed by atoms with Crippen LogP contribution in [0.1, 0.15) is 19.4 Å². The maximum Gasteiger partial charge on any atom is 0.240 e. The van der Waals surface area contributed by atoms with Crippen molar-refractivity contribution in [1.82, 2.24) is 4.72 Å². The Morgan fingerprint density at radius 3 is 2.54 bits per heavy atom. The minimum Gasteiger partial charge on any atom is -0.492 e. The van der Waals surface area contributed by atoms with Crippen LogP contribution in [0.5, 0.6) is 5.75 Å². The van der Waals surface area contributed by atoms with Gasteiger partial charge in [0.15, 0.2) is 0 Å². The number of sulfonamides is 1. The van der Waals surface area contributed by atoms with Crippen LogP contribution in [0, 0.1) is 6.92 Å². The molecule has 0 aromatic heterocycles. The van der Waals surface area contributed by atoms with Crippen molar-refractivity contribution in [3.8, 4) is 5.75 Å². The smallest absolute Gasteiger partial charge is 0.240 e. The Morgan fingerprint density at radius 2 is 1.88 bits per heavy atom. The maximum absolute atomic E-state index is 12.4. The minimum atomic E-state index is -3.63. The van der Waals surface area contributed by atoms with Crippen molar-refractivity contribution >= 4 is 21.6 Å². The fourth-order valence-electron chi connectivity index (χ4n) is 2.56. The van der Waals surface area contributed by atoms with Gasteiger partial charge in [-0.1, -0.05) is 24.3 Å². The zero-order chi connectivity index (χ0) is 19.2. The zero-order valence-electron chi connectivity index (χ0n) is 15.2. The van der Waals surface area contributed by atoms with Gasteiger partial charge >= 0.3 is 0 Å². The molecule has 0 bridgehead atoms. The Morgan fingerprint density at radius 1 is 1.15 bits per heavy atom. The number of hydrogen-bond acceptors (Lipinski definition) is 4. The van der Waals surface area contributed by atoms with E-state index in [0.29, 0.717) is 18.0 Å². The number of nitrogens with zero attached hydrogens (tertiary/aromatic N) is 1. The Balaban J connectivity index is 2.12. The van der Waals surface area contributed by atoms with E-state index in [1.807, 2.05) is 32.0 Å². The van der Waals surface area contributed by atoms with E-state index in [-0.39, 0.29) is 23.9 Å². The number of ether oxygens (including phenoxy) is 1. The van der Waals surface area contributed by atoms with Gasteiger partial charge < -0.3 is 9.64 Å². The Labute approximate surface area is 154 Å². The fourth-order valence-corrected chi connectivity index (χ4v) is 3.69. The number of anilines is 1. The third-order valence-corrected chi connectivity index (χ3v) is 5.22. The molecular weight excluding hydrogens is 352 g/mol. The zero-order valence-corrected chi connectivity index (χ0v) is 16.0. The number of aryl methyl sites for hydroxylation is 1. The largest absolute Gasteiger partial charge is 0.492 e. The molecule has 0 saturated heterocycles. The van der Waals surface area contributed by atoms with Crippen LogP contribution < -0.4 is 14.4 Å². The summed E-state index contributed by atoms with van der Waals surface area (Å²) >= 11 is 0. The van der Waals surface area contributed by atoms with Gasteiger partial charge in [0.05, 0.1) is 17.2 Å². The highest BCUT2D eigenvalue weighted by Crippen LogP contribution is 2.28. The summed E-state index contributed by atoms with van der Waals surface area (Å²) in [5.74, 6) is 0.402. The van der Waals surface area contributed by atoms with Crippen molar-refractivity contribution in [2.75, 3.05) is 24.6 Å². The second-order valence-corrected chi connectivity index (χ2v) is 7.55. The van der Waals surface area contributed by atoms with Crippen molar-refractivity contribution in [1.29, 1.82) is 0 Å². The highest BCUT2D eigenvalue weighted by molar-refractivity contribution is 7.89. The lowest BCUT2D eigenvalue weighted by Crippen LogP contribution is -2.37. The standard InChI is InChI=1S/C19H24N2O4S/c1-4-25-19-11-6-5-10-18(19)21(16(3)22)13-12-20-26(23,24)17-9-7-8-15(2)14-17/h5-11,14,20H,4,12-13H2,1-3H3. The number of rotatable bonds is 8. The molecule has 0 radical (unpaired) electrons. The molecule has 140 valence electrons. The van der Waals surface area contributed by atoms with Crippen LogP contribution in [0.4, 0.5) is 5.69 Å². The number of hydrogen-bond donors (Lipinski definition) is 1. The fraction of sp³-hybridized carbons (Fsp3) is 0.316. The average Bonchev–Trinajstić information content (AvgIpc) is 2.59. The number of carbonyl (C=O) groups excluding carboxylic acids is 1. The van der Waals surface area contributed by atoms with Crippen LogP contribution in [0.2, 0.25) is 0 Å². The van der Waals surface area contributed by atoms with Crippen molar-refractivity contribution in [2.24, 2.45) is 0 Å². The van der Waals surface area contributed by atoms with Crippen molar-refractivity contribution in [3.05, 3.63) is 54.1 Å². The van der Waals surface area contributed by atoms with E-state index in [4.69, 9.17) is 4.74 Å². The first kappa shape index (κ1) is 19.9. The molecule has 0 spiro atoms. The molecule has 2 aromatic rings. The lowest BCUT2D eigenvalue weighted by atomic mass is 10.2. The van der Waals surface area contributed by atoms with Gasteiger partial charge in [-0.15, -0.1) is 0 Å². The van der Waals surface area contributed by atoms with Crippen LogP contribution in [0.15, 0.2) is 53.4 Å². The molecule has 0 saturated carbocycles. The second kappa shape index (κ2) is 8.82. The summed E-state index contributed by atoms with van der Waals surface area (Å²) in [5.41, 5.74) is 1.49. The molecule has 2 aromatic carbocycles. The predicted octanol–water partition coefficient (Wildman–Crippen LogP) is 2.73. The molecule has 0 aliphatic carbocycles. The lowest BCUT2D eigenvalue weighted by Gasteiger charge is -2.23. The predicted molar refractivity (Wildman–Crippen MR) is 102 cm³/mol. The molecule has 1 amide bonds. The Hall–Kier alpha value is -2.38. The van der Waals surface area contributed by atoms with Gasteiger partial charge in [-0.3, -0.25) is 4.79 Å². The van der Waals surface area contributed by atoms with E-state index in [1.54, 1.807) is 30.3 Å². The van der Waals surface area contributed by atoms with E-state index in [0.717, 1.165) is 5.56 Å². The second-order valence-electron chi connectivity index (χ2n) is 5.79. The molecule has 0 fully saturated rings. The highest BCUT2D eigenvalue weighted by Gasteiger charge is 2.18. The van der Waals surface area contributed by atoms with Gasteiger partial charge in [-0.05, 0) is 43.7 Å². The molecule has 7 heteroatoms. The molecule has 2 rings (SSSR count). The van der Waals surface area contributed by atoms with Gasteiger partial charge in [-0.2, -0.15) is 0 Å². The molecule has 0 unspecified atom stereocenters. The summed E-state index contributed by atoms with van der Waals surface area (Å²) in [4.78, 5) is 13.8. The third kappa shape index (κ3) is 5.06. The number of nitrogens with one attached hydrogen (secondary N) is 1. The van der Waals surface area contributed by atoms with Crippen LogP contribution in [0.25, 0.3) is 0 Å². The van der Waals surface area contributed by atoms with Crippen molar-refractivity contribution < 1.29 is 17.9 Å². The van der Waals surface area contributed by atoms with E-state index in [2.05, 4.69) is 4.72 Å². The minimum absolute atomic E-state index is 0.0936. The molecule has 0 aliphatic rings. The van der Waals surface area contributed by atoms with Crippen LogP contribution >= 0.6 is 0 Å². The summed E-state index contributed by atoms with van der Waals surface area (Å²) < 4.78 is 32.9. The van der Waals surface area contributed by atoms with E-state index < -0.39 is 10.0 Å². The molecule has 0 heterocycles. The summed E-state index contributed by atoms with van der Waals surface area (Å²) in [5, 5.41) is 0. The van der Waals surface area contributed by atoms with E-state index >= 15 is 0 Å². The summed E-state index contributed by atoms with van der Waals surface area (Å²) in [6.07, 6.45) is 0. The summed E-state index contributed by atoms with van der Waals surface area (Å²) in [7, 11) is -3.63. The molecule has 0 atom stereocenters. The van der Waals surface area contributed by atoms with E-state index in [1.165, 1.54) is 11.8 Å². The van der Waals surface area contributed by atoms with Crippen LogP contribution in [-0.4, -0.2) is 34.0 Å². The number of para-hydroxylation sites is 2. The monoisotopic (exact) mass is 376 g/mol. The van der Waals surface area contributed by atoms with Gasteiger partial charge in [0, 0.05) is 20.0 Å². The lowest BCUT2D eigenvalue weighted by molar-refractivity contribution is -0.116. The summed E-state index contributed by atoms with van der Waals surface area (Å²) in [6, 6.07) is 13.9. The van der Waals surface area contributed by atoms with Gasteiger partial charge in [0.25, 0.3) is 0 Å². The van der Waals surface area contributed by atoms with Crippen LogP contribution in [-0.2, 0) is 14.8 Å².